The molecule has 8 aromatic rings. The number of aromatic nitrogens is 1. The minimum absolute atomic E-state index is 1.00. The Labute approximate surface area is 220 Å². The zero-order valence-electron chi connectivity index (χ0n) is 20.7. The second-order valence-electron chi connectivity index (χ2n) is 9.95. The molecule has 1 heterocycles. The van der Waals surface area contributed by atoms with E-state index >= 15 is 0 Å². The van der Waals surface area contributed by atoms with E-state index in [-0.39, 0.29) is 0 Å². The predicted octanol–water partition coefficient (Wildman–Crippen LogP) is 10.2. The summed E-state index contributed by atoms with van der Waals surface area (Å²) < 4.78 is 0. The predicted molar refractivity (Wildman–Crippen MR) is 163 cm³/mol. The smallest absolute Gasteiger partial charge is 0.0716 e. The Morgan fingerprint density at radius 3 is 1.71 bits per heavy atom. The van der Waals surface area contributed by atoms with Gasteiger partial charge >= 0.3 is 0 Å². The number of rotatable bonds is 2. The summed E-state index contributed by atoms with van der Waals surface area (Å²) in [6.07, 6.45) is 0. The molecule has 0 atom stereocenters. The number of hydrogen-bond acceptors (Lipinski definition) is 1. The molecule has 0 saturated heterocycles. The topological polar surface area (TPSA) is 12.9 Å². The first-order chi connectivity index (χ1) is 18.8. The van der Waals surface area contributed by atoms with Crippen molar-refractivity contribution in [2.45, 2.75) is 0 Å². The zero-order chi connectivity index (χ0) is 25.1. The maximum absolute atomic E-state index is 5.09. The molecule has 0 bridgehead atoms. The summed E-state index contributed by atoms with van der Waals surface area (Å²) in [5.41, 5.74) is 5.71. The number of benzene rings is 7. The average Bonchev–Trinajstić information content (AvgIpc) is 2.99. The van der Waals surface area contributed by atoms with Gasteiger partial charge in [0.05, 0.1) is 11.2 Å². The minimum atomic E-state index is 1.00. The molecule has 1 nitrogen and oxygen atoms in total. The summed E-state index contributed by atoms with van der Waals surface area (Å²) in [5.74, 6) is 0. The molecule has 0 saturated carbocycles. The van der Waals surface area contributed by atoms with E-state index in [9.17, 15) is 0 Å². The molecule has 1 aromatic heterocycles. The summed E-state index contributed by atoms with van der Waals surface area (Å²) in [5, 5.41) is 11.3. The highest BCUT2D eigenvalue weighted by Crippen LogP contribution is 2.43. The quantitative estimate of drug-likeness (QED) is 0.224. The number of hydrogen-bond donors (Lipinski definition) is 0. The summed E-state index contributed by atoms with van der Waals surface area (Å²) in [4.78, 5) is 5.09. The first kappa shape index (κ1) is 21.1. The van der Waals surface area contributed by atoms with E-state index in [1.807, 2.05) is 0 Å². The fourth-order valence-corrected chi connectivity index (χ4v) is 6.09. The lowest BCUT2D eigenvalue weighted by molar-refractivity contribution is 1.41. The van der Waals surface area contributed by atoms with Gasteiger partial charge in [-0.3, -0.25) is 0 Å². The average molecular weight is 482 g/mol. The lowest BCUT2D eigenvalue weighted by Crippen LogP contribution is -1.91. The van der Waals surface area contributed by atoms with Gasteiger partial charge in [-0.15, -0.1) is 0 Å². The Morgan fingerprint density at radius 2 is 0.921 bits per heavy atom. The molecule has 1 heteroatoms. The molecule has 7 aromatic carbocycles. The van der Waals surface area contributed by atoms with Gasteiger partial charge < -0.3 is 0 Å². The first-order valence-corrected chi connectivity index (χ1v) is 13.1. The van der Waals surface area contributed by atoms with E-state index in [2.05, 4.69) is 140 Å². The van der Waals surface area contributed by atoms with Crippen LogP contribution in [0, 0.1) is 0 Å². The third-order valence-electron chi connectivity index (χ3n) is 7.82. The Hall–Kier alpha value is -5.01. The molecular weight excluding hydrogens is 458 g/mol. The fraction of sp³-hybridized carbons (Fsp3) is 0. The largest absolute Gasteiger partial charge is 0.248 e. The van der Waals surface area contributed by atoms with Crippen molar-refractivity contribution < 1.29 is 0 Å². The maximum Gasteiger partial charge on any atom is 0.0716 e. The molecule has 0 fully saturated rings. The highest BCUT2D eigenvalue weighted by Gasteiger charge is 2.16. The van der Waals surface area contributed by atoms with E-state index in [0.717, 1.165) is 22.2 Å². The van der Waals surface area contributed by atoms with E-state index in [1.165, 1.54) is 54.2 Å². The molecule has 0 aliphatic heterocycles. The number of nitrogens with zero attached hydrogens (tertiary/aromatic N) is 1. The number of fused-ring (bicyclic) bond motifs is 7. The molecule has 0 spiro atoms. The molecule has 0 aliphatic rings. The Bertz CT molecular complexity index is 2180. The van der Waals surface area contributed by atoms with Crippen molar-refractivity contribution in [3.8, 4) is 22.4 Å². The SMILES string of the molecule is c1ccc2nc(-c3cc4cc(-c5cccc6ccccc56)c5ccccc5c4c4ccccc34)ccc2c1. The van der Waals surface area contributed by atoms with Crippen molar-refractivity contribution in [1.29, 1.82) is 0 Å². The van der Waals surface area contributed by atoms with Crippen molar-refractivity contribution in [3.05, 3.63) is 140 Å². The van der Waals surface area contributed by atoms with Gasteiger partial charge in [-0.1, -0.05) is 115 Å². The Balaban J connectivity index is 1.51. The normalized spacial score (nSPS) is 11.7. The molecule has 0 amide bonds. The van der Waals surface area contributed by atoms with Crippen molar-refractivity contribution in [2.24, 2.45) is 0 Å². The van der Waals surface area contributed by atoms with Crippen LogP contribution in [-0.2, 0) is 0 Å². The van der Waals surface area contributed by atoms with Gasteiger partial charge in [0.15, 0.2) is 0 Å². The molecule has 0 radical (unpaired) electrons. The van der Waals surface area contributed by atoms with Gasteiger partial charge in [0.25, 0.3) is 0 Å². The second kappa shape index (κ2) is 8.26. The lowest BCUT2D eigenvalue weighted by atomic mass is 9.87. The van der Waals surface area contributed by atoms with E-state index in [0.29, 0.717) is 0 Å². The second-order valence-corrected chi connectivity index (χ2v) is 9.95. The highest BCUT2D eigenvalue weighted by atomic mass is 14.7. The van der Waals surface area contributed by atoms with Crippen LogP contribution in [0.4, 0.5) is 0 Å². The zero-order valence-corrected chi connectivity index (χ0v) is 20.7. The molecule has 0 aliphatic carbocycles. The van der Waals surface area contributed by atoms with Crippen LogP contribution in [0.2, 0.25) is 0 Å². The monoisotopic (exact) mass is 481 g/mol. The van der Waals surface area contributed by atoms with Crippen LogP contribution in [-0.4, -0.2) is 4.98 Å². The van der Waals surface area contributed by atoms with Crippen LogP contribution in [0.15, 0.2) is 140 Å². The molecule has 8 rings (SSSR count). The highest BCUT2D eigenvalue weighted by molar-refractivity contribution is 6.26. The third-order valence-corrected chi connectivity index (χ3v) is 7.82. The van der Waals surface area contributed by atoms with Gasteiger partial charge in [-0.05, 0) is 78.5 Å². The molecule has 0 unspecified atom stereocenters. The van der Waals surface area contributed by atoms with Crippen LogP contribution in [0.1, 0.15) is 0 Å². The number of pyridine rings is 1. The summed E-state index contributed by atoms with van der Waals surface area (Å²) in [6.45, 7) is 0. The third kappa shape index (κ3) is 3.16. The standard InChI is InChI=1S/C37H23N/c1-3-13-27-24(10-1)12-9-18-28(27)33-22-26-23-34(36-21-20-25-11-2-8-19-35(25)38-36)30-15-5-7-17-32(30)37(26)31-16-6-4-14-29(31)33/h1-23H. The summed E-state index contributed by atoms with van der Waals surface area (Å²) >= 11 is 0. The van der Waals surface area contributed by atoms with Crippen LogP contribution in [0.3, 0.4) is 0 Å². The maximum atomic E-state index is 5.09. The lowest BCUT2D eigenvalue weighted by Gasteiger charge is -2.17. The molecular formula is C37H23N. The summed E-state index contributed by atoms with van der Waals surface area (Å²) in [6, 6.07) is 50.3. The van der Waals surface area contributed by atoms with E-state index < -0.39 is 0 Å². The number of para-hydroxylation sites is 1. The van der Waals surface area contributed by atoms with Crippen molar-refractivity contribution in [1.82, 2.24) is 4.98 Å². The Kier molecular flexibility index (Phi) is 4.59. The van der Waals surface area contributed by atoms with Crippen LogP contribution in [0.5, 0.6) is 0 Å². The first-order valence-electron chi connectivity index (χ1n) is 13.1. The molecule has 176 valence electrons. The Morgan fingerprint density at radius 1 is 0.342 bits per heavy atom. The van der Waals surface area contributed by atoms with Gasteiger partial charge in [-0.2, -0.15) is 0 Å². The van der Waals surface area contributed by atoms with Crippen molar-refractivity contribution in [3.63, 3.8) is 0 Å². The van der Waals surface area contributed by atoms with E-state index in [1.54, 1.807) is 0 Å². The molecule has 0 N–H and O–H groups in total. The van der Waals surface area contributed by atoms with Gasteiger partial charge in [0, 0.05) is 10.9 Å². The van der Waals surface area contributed by atoms with Crippen molar-refractivity contribution in [2.75, 3.05) is 0 Å². The molecule has 38 heavy (non-hydrogen) atoms. The van der Waals surface area contributed by atoms with E-state index in [4.69, 9.17) is 4.98 Å². The van der Waals surface area contributed by atoms with Crippen LogP contribution >= 0.6 is 0 Å². The van der Waals surface area contributed by atoms with Gasteiger partial charge in [-0.25, -0.2) is 4.98 Å². The minimum Gasteiger partial charge on any atom is -0.248 e. The van der Waals surface area contributed by atoms with Crippen molar-refractivity contribution >= 4 is 54.0 Å². The fourth-order valence-electron chi connectivity index (χ4n) is 6.09. The van der Waals surface area contributed by atoms with Crippen LogP contribution < -0.4 is 0 Å². The summed E-state index contributed by atoms with van der Waals surface area (Å²) in [7, 11) is 0. The van der Waals surface area contributed by atoms with Gasteiger partial charge in [0.2, 0.25) is 0 Å². The van der Waals surface area contributed by atoms with Crippen LogP contribution in [0.25, 0.3) is 76.4 Å². The van der Waals surface area contributed by atoms with Gasteiger partial charge in [0.1, 0.15) is 0 Å².